The normalized spacial score (nSPS) is 11.5. The molecule has 12 aromatic rings. The highest BCUT2D eigenvalue weighted by molar-refractivity contribution is 6.33. The van der Waals surface area contributed by atoms with Crippen molar-refractivity contribution in [1.29, 1.82) is 0 Å². The molecule has 12 rings (SSSR count). The molecule has 0 bridgehead atoms. The molecule has 0 unspecified atom stereocenters. The molecule has 290 valence electrons. The fraction of sp³-hybridized carbons (Fsp3) is 0. The zero-order valence-corrected chi connectivity index (χ0v) is 33.9. The Kier molecular flexibility index (Phi) is 8.53. The van der Waals surface area contributed by atoms with E-state index in [1.165, 1.54) is 43.8 Å². The second-order valence-corrected chi connectivity index (χ2v) is 16.0. The Morgan fingerprint density at radius 1 is 0.274 bits per heavy atom. The summed E-state index contributed by atoms with van der Waals surface area (Å²) < 4.78 is 7.06. The summed E-state index contributed by atoms with van der Waals surface area (Å²) in [5.41, 5.74) is 14.4. The van der Waals surface area contributed by atoms with Crippen molar-refractivity contribution >= 4 is 71.3 Å². The highest BCUT2D eigenvalue weighted by atomic mass is 16.3. The van der Waals surface area contributed by atoms with Crippen molar-refractivity contribution in [2.24, 2.45) is 0 Å². The van der Waals surface area contributed by atoms with E-state index in [-0.39, 0.29) is 0 Å². The maximum atomic E-state index is 7.06. The van der Waals surface area contributed by atoms with Crippen molar-refractivity contribution in [1.82, 2.24) is 0 Å². The van der Waals surface area contributed by atoms with Gasteiger partial charge in [-0.15, -0.1) is 0 Å². The molecule has 62 heavy (non-hydrogen) atoms. The van der Waals surface area contributed by atoms with E-state index in [9.17, 15) is 0 Å². The topological polar surface area (TPSA) is 16.4 Å². The lowest BCUT2D eigenvalue weighted by molar-refractivity contribution is 0.673. The molecule has 0 aliphatic heterocycles. The summed E-state index contributed by atoms with van der Waals surface area (Å²) in [7, 11) is 0. The largest absolute Gasteiger partial charge is 0.455 e. The minimum atomic E-state index is 0.879. The molecule has 0 saturated carbocycles. The lowest BCUT2D eigenvalue weighted by atomic mass is 9.89. The zero-order valence-electron chi connectivity index (χ0n) is 33.9. The maximum Gasteiger partial charge on any atom is 0.143 e. The van der Waals surface area contributed by atoms with Gasteiger partial charge in [0.2, 0.25) is 0 Å². The third kappa shape index (κ3) is 5.96. The number of rotatable bonds is 7. The summed E-state index contributed by atoms with van der Waals surface area (Å²) in [6, 6.07) is 85.3. The van der Waals surface area contributed by atoms with Crippen LogP contribution in [0.2, 0.25) is 0 Å². The minimum Gasteiger partial charge on any atom is -0.455 e. The molecule has 1 aromatic heterocycles. The number of furan rings is 1. The van der Waals surface area contributed by atoms with Crippen LogP contribution in [0.15, 0.2) is 241 Å². The lowest BCUT2D eigenvalue weighted by Crippen LogP contribution is -2.10. The third-order valence-corrected chi connectivity index (χ3v) is 12.5. The van der Waals surface area contributed by atoms with Crippen LogP contribution in [-0.4, -0.2) is 0 Å². The van der Waals surface area contributed by atoms with Gasteiger partial charge >= 0.3 is 0 Å². The minimum absolute atomic E-state index is 0.879. The Morgan fingerprint density at radius 3 is 1.27 bits per heavy atom. The third-order valence-electron chi connectivity index (χ3n) is 12.5. The van der Waals surface area contributed by atoms with Crippen molar-refractivity contribution in [2.45, 2.75) is 0 Å². The molecule has 0 aliphatic carbocycles. The first-order chi connectivity index (χ1) is 30.8. The molecule has 0 fully saturated rings. The Labute approximate surface area is 360 Å². The first-order valence-electron chi connectivity index (χ1n) is 21.3. The van der Waals surface area contributed by atoms with Gasteiger partial charge in [0.25, 0.3) is 0 Å². The number of nitrogens with zero attached hydrogens (tertiary/aromatic N) is 1. The Morgan fingerprint density at radius 2 is 0.710 bits per heavy atom. The number of fused-ring (bicyclic) bond motifs is 9. The van der Waals surface area contributed by atoms with Crippen molar-refractivity contribution in [3.8, 4) is 44.5 Å². The van der Waals surface area contributed by atoms with E-state index >= 15 is 0 Å². The molecular formula is C60H39NO. The van der Waals surface area contributed by atoms with Gasteiger partial charge in [-0.1, -0.05) is 194 Å². The fourth-order valence-corrected chi connectivity index (χ4v) is 9.54. The monoisotopic (exact) mass is 789 g/mol. The highest BCUT2D eigenvalue weighted by Gasteiger charge is 2.23. The van der Waals surface area contributed by atoms with Crippen LogP contribution < -0.4 is 4.90 Å². The summed E-state index contributed by atoms with van der Waals surface area (Å²) in [4.78, 5) is 2.40. The second kappa shape index (κ2) is 14.8. The molecule has 11 aromatic carbocycles. The number of hydrogen-bond acceptors (Lipinski definition) is 2. The quantitative estimate of drug-likeness (QED) is 0.150. The average molecular weight is 790 g/mol. The van der Waals surface area contributed by atoms with Gasteiger partial charge < -0.3 is 9.32 Å². The molecule has 1 heterocycles. The molecular weight excluding hydrogens is 751 g/mol. The molecule has 0 spiro atoms. The van der Waals surface area contributed by atoms with Crippen LogP contribution in [0, 0.1) is 0 Å². The van der Waals surface area contributed by atoms with Crippen LogP contribution in [0.3, 0.4) is 0 Å². The number of hydrogen-bond donors (Lipinski definition) is 0. The molecule has 0 amide bonds. The van der Waals surface area contributed by atoms with Crippen LogP contribution in [0.25, 0.3) is 98.8 Å². The first-order valence-corrected chi connectivity index (χ1v) is 21.3. The standard InChI is InChI=1S/C60H39NO/c1-4-16-40(17-5-1)43-28-32-46(33-29-43)61(47-34-30-44(31-35-47)41-18-6-2-7-19-41)56-37-36-51(48-22-10-13-25-52(48)56)55-38-45(42-20-8-3-9-21-42)39-57-58(55)59-53-26-14-11-23-49(53)50-24-12-15-27-54(50)60(59)62-57/h1-39H. The zero-order chi connectivity index (χ0) is 41.0. The Hall–Kier alpha value is -8.20. The lowest BCUT2D eigenvalue weighted by Gasteiger charge is -2.28. The highest BCUT2D eigenvalue weighted by Crippen LogP contribution is 2.49. The van der Waals surface area contributed by atoms with Crippen LogP contribution in [0.1, 0.15) is 0 Å². The molecule has 0 saturated heterocycles. The first kappa shape index (κ1) is 35.7. The van der Waals surface area contributed by atoms with Crippen LogP contribution in [0.5, 0.6) is 0 Å². The van der Waals surface area contributed by atoms with Gasteiger partial charge in [-0.05, 0) is 109 Å². The SMILES string of the molecule is c1ccc(-c2ccc(N(c3ccc(-c4ccccc4)cc3)c3ccc(-c4cc(-c5ccccc5)cc5oc6c7ccccc7c7ccccc7c6c45)c4ccccc34)cc2)cc1. The van der Waals surface area contributed by atoms with Crippen molar-refractivity contribution in [2.75, 3.05) is 4.90 Å². The van der Waals surface area contributed by atoms with Crippen molar-refractivity contribution < 1.29 is 4.42 Å². The summed E-state index contributed by atoms with van der Waals surface area (Å²) >= 11 is 0. The van der Waals surface area contributed by atoms with Crippen molar-refractivity contribution in [3.63, 3.8) is 0 Å². The van der Waals surface area contributed by atoms with Gasteiger partial charge in [-0.2, -0.15) is 0 Å². The number of anilines is 3. The predicted octanol–water partition coefficient (Wildman–Crippen LogP) is 17.2. The Bertz CT molecular complexity index is 3510. The molecule has 0 N–H and O–H groups in total. The predicted molar refractivity (Wildman–Crippen MR) is 263 cm³/mol. The molecule has 0 aliphatic rings. The summed E-state index contributed by atoms with van der Waals surface area (Å²) in [6.45, 7) is 0. The number of benzene rings is 11. The molecule has 0 atom stereocenters. The van der Waals surface area contributed by atoms with Crippen LogP contribution in [-0.2, 0) is 0 Å². The second-order valence-electron chi connectivity index (χ2n) is 16.0. The van der Waals surface area contributed by atoms with Gasteiger partial charge in [-0.25, -0.2) is 0 Å². The fourth-order valence-electron chi connectivity index (χ4n) is 9.54. The van der Waals surface area contributed by atoms with Gasteiger partial charge in [-0.3, -0.25) is 0 Å². The summed E-state index contributed by atoms with van der Waals surface area (Å²) in [5.74, 6) is 0. The van der Waals surface area contributed by atoms with Gasteiger partial charge in [0, 0.05) is 32.9 Å². The molecule has 2 nitrogen and oxygen atoms in total. The molecule has 2 heteroatoms. The molecule has 0 radical (unpaired) electrons. The van der Waals surface area contributed by atoms with Gasteiger partial charge in [0.05, 0.1) is 5.69 Å². The van der Waals surface area contributed by atoms with Gasteiger partial charge in [0.15, 0.2) is 0 Å². The van der Waals surface area contributed by atoms with Crippen LogP contribution in [0.4, 0.5) is 17.1 Å². The Balaban J connectivity index is 1.11. The van der Waals surface area contributed by atoms with Crippen LogP contribution >= 0.6 is 0 Å². The van der Waals surface area contributed by atoms with E-state index in [1.54, 1.807) is 0 Å². The van der Waals surface area contributed by atoms with E-state index in [0.29, 0.717) is 0 Å². The summed E-state index contributed by atoms with van der Waals surface area (Å²) in [6.07, 6.45) is 0. The van der Waals surface area contributed by atoms with E-state index in [2.05, 4.69) is 241 Å². The van der Waals surface area contributed by atoms with E-state index in [1.807, 2.05) is 0 Å². The van der Waals surface area contributed by atoms with E-state index in [0.717, 1.165) is 72.0 Å². The average Bonchev–Trinajstić information content (AvgIpc) is 3.76. The van der Waals surface area contributed by atoms with E-state index < -0.39 is 0 Å². The smallest absolute Gasteiger partial charge is 0.143 e. The van der Waals surface area contributed by atoms with E-state index in [4.69, 9.17) is 4.42 Å². The summed E-state index contributed by atoms with van der Waals surface area (Å²) in [5, 5.41) is 9.34. The maximum absolute atomic E-state index is 7.06. The van der Waals surface area contributed by atoms with Crippen molar-refractivity contribution in [3.05, 3.63) is 237 Å². The van der Waals surface area contributed by atoms with Gasteiger partial charge in [0.1, 0.15) is 11.2 Å².